The molecule has 3 heterocycles. The van der Waals surface area contributed by atoms with Crippen LogP contribution in [0.5, 0.6) is 0 Å². The van der Waals surface area contributed by atoms with Crippen molar-refractivity contribution in [3.8, 4) is 0 Å². The van der Waals surface area contributed by atoms with E-state index in [0.29, 0.717) is 26.2 Å². The number of piperazine rings is 1. The van der Waals surface area contributed by atoms with Crippen molar-refractivity contribution in [2.75, 3.05) is 39.3 Å². The van der Waals surface area contributed by atoms with E-state index in [-0.39, 0.29) is 17.9 Å². The van der Waals surface area contributed by atoms with E-state index in [1.807, 2.05) is 24.0 Å². The van der Waals surface area contributed by atoms with Gasteiger partial charge < -0.3 is 14.9 Å². The maximum atomic E-state index is 12.5. The van der Waals surface area contributed by atoms with Gasteiger partial charge in [-0.15, -0.1) is 11.3 Å². The summed E-state index contributed by atoms with van der Waals surface area (Å²) in [6, 6.07) is 3.77. The lowest BCUT2D eigenvalue weighted by Crippen LogP contribution is -2.54. The van der Waals surface area contributed by atoms with Crippen LogP contribution in [0.2, 0.25) is 0 Å². The van der Waals surface area contributed by atoms with Gasteiger partial charge in [0.2, 0.25) is 5.91 Å². The number of carbonyl (C=O) groups excluding carboxylic acids is 2. The molecule has 6 nitrogen and oxygen atoms in total. The van der Waals surface area contributed by atoms with Gasteiger partial charge in [0.1, 0.15) is 0 Å². The Hall–Kier alpha value is -1.44. The minimum Gasteiger partial charge on any atom is -0.390 e. The molecular formula is C16H23N3O3S. The SMILES string of the molecule is CC(=O)N1CCN([C@@H]2CN(C(=O)c3ccc(C)s3)C[C@H]2O)CC1. The Bertz CT molecular complexity index is 595. The number of aryl methyl sites for hydroxylation is 1. The second kappa shape index (κ2) is 6.59. The van der Waals surface area contributed by atoms with Crippen LogP contribution < -0.4 is 0 Å². The van der Waals surface area contributed by atoms with Crippen molar-refractivity contribution >= 4 is 23.2 Å². The highest BCUT2D eigenvalue weighted by molar-refractivity contribution is 7.13. The smallest absolute Gasteiger partial charge is 0.264 e. The van der Waals surface area contributed by atoms with Crippen molar-refractivity contribution in [2.45, 2.75) is 26.0 Å². The number of aliphatic hydroxyl groups is 1. The average molecular weight is 337 g/mol. The molecule has 2 aliphatic rings. The standard InChI is InChI=1S/C16H23N3O3S/c1-11-3-4-15(23-11)16(22)19-9-13(14(21)10-19)18-7-5-17(6-8-18)12(2)20/h3-4,13-14,21H,5-10H2,1-2H3/t13-,14-/m1/s1. The van der Waals surface area contributed by atoms with E-state index in [1.54, 1.807) is 11.8 Å². The van der Waals surface area contributed by atoms with Crippen molar-refractivity contribution in [3.63, 3.8) is 0 Å². The van der Waals surface area contributed by atoms with Crippen molar-refractivity contribution in [3.05, 3.63) is 21.9 Å². The summed E-state index contributed by atoms with van der Waals surface area (Å²) in [4.78, 5) is 31.6. The highest BCUT2D eigenvalue weighted by atomic mass is 32.1. The zero-order valence-corrected chi connectivity index (χ0v) is 14.4. The number of amides is 2. The van der Waals surface area contributed by atoms with Crippen molar-refractivity contribution in [2.24, 2.45) is 0 Å². The predicted octanol–water partition coefficient (Wildman–Crippen LogP) is 0.406. The van der Waals surface area contributed by atoms with Gasteiger partial charge in [0.25, 0.3) is 5.91 Å². The second-order valence-electron chi connectivity index (χ2n) is 6.30. The quantitative estimate of drug-likeness (QED) is 0.849. The molecule has 1 N–H and O–H groups in total. The Morgan fingerprint density at radius 3 is 2.39 bits per heavy atom. The Kier molecular flexibility index (Phi) is 4.70. The molecule has 0 saturated carbocycles. The number of hydrogen-bond donors (Lipinski definition) is 1. The first-order valence-electron chi connectivity index (χ1n) is 7.99. The van der Waals surface area contributed by atoms with Crippen LogP contribution in [0.15, 0.2) is 12.1 Å². The molecule has 2 aliphatic heterocycles. The Morgan fingerprint density at radius 1 is 1.13 bits per heavy atom. The maximum absolute atomic E-state index is 12.5. The van der Waals surface area contributed by atoms with Gasteiger partial charge in [-0.05, 0) is 19.1 Å². The number of rotatable bonds is 2. The zero-order chi connectivity index (χ0) is 16.6. The molecule has 2 fully saturated rings. The Morgan fingerprint density at radius 2 is 1.83 bits per heavy atom. The summed E-state index contributed by atoms with van der Waals surface area (Å²) in [5, 5.41) is 10.4. The first-order chi connectivity index (χ1) is 11.0. The number of hydrogen-bond acceptors (Lipinski definition) is 5. The van der Waals surface area contributed by atoms with E-state index in [4.69, 9.17) is 0 Å². The molecular weight excluding hydrogens is 314 g/mol. The normalized spacial score (nSPS) is 25.9. The van der Waals surface area contributed by atoms with E-state index in [1.165, 1.54) is 11.3 Å². The van der Waals surface area contributed by atoms with Crippen LogP contribution in [0.1, 0.15) is 21.5 Å². The number of thiophene rings is 1. The van der Waals surface area contributed by atoms with Crippen LogP contribution in [-0.2, 0) is 4.79 Å². The van der Waals surface area contributed by atoms with E-state index >= 15 is 0 Å². The molecule has 2 saturated heterocycles. The number of carbonyl (C=O) groups is 2. The number of aliphatic hydroxyl groups excluding tert-OH is 1. The molecule has 7 heteroatoms. The molecule has 0 bridgehead atoms. The summed E-state index contributed by atoms with van der Waals surface area (Å²) in [7, 11) is 0. The maximum Gasteiger partial charge on any atom is 0.264 e. The molecule has 0 unspecified atom stereocenters. The first kappa shape index (κ1) is 16.4. The topological polar surface area (TPSA) is 64.1 Å². The summed E-state index contributed by atoms with van der Waals surface area (Å²) >= 11 is 1.49. The van der Waals surface area contributed by atoms with Gasteiger partial charge >= 0.3 is 0 Å². The van der Waals surface area contributed by atoms with Gasteiger partial charge in [-0.3, -0.25) is 14.5 Å². The second-order valence-corrected chi connectivity index (χ2v) is 7.59. The summed E-state index contributed by atoms with van der Waals surface area (Å²) in [6.45, 7) is 7.39. The molecule has 23 heavy (non-hydrogen) atoms. The average Bonchev–Trinajstić information content (AvgIpc) is 3.13. The number of likely N-dealkylation sites (tertiary alicyclic amines) is 1. The largest absolute Gasteiger partial charge is 0.390 e. The van der Waals surface area contributed by atoms with Crippen molar-refractivity contribution < 1.29 is 14.7 Å². The molecule has 3 rings (SSSR count). The highest BCUT2D eigenvalue weighted by Crippen LogP contribution is 2.23. The van der Waals surface area contributed by atoms with Crippen molar-refractivity contribution in [1.29, 1.82) is 0 Å². The third-order valence-electron chi connectivity index (χ3n) is 4.73. The third kappa shape index (κ3) is 3.41. The van der Waals surface area contributed by atoms with E-state index in [9.17, 15) is 14.7 Å². The van der Waals surface area contributed by atoms with Gasteiger partial charge in [-0.1, -0.05) is 0 Å². The van der Waals surface area contributed by atoms with E-state index in [2.05, 4.69) is 4.90 Å². The van der Waals surface area contributed by atoms with E-state index in [0.717, 1.165) is 22.8 Å². The van der Waals surface area contributed by atoms with Crippen LogP contribution in [0.4, 0.5) is 0 Å². The summed E-state index contributed by atoms with van der Waals surface area (Å²) in [5.41, 5.74) is 0. The fourth-order valence-corrected chi connectivity index (χ4v) is 4.20. The van der Waals surface area contributed by atoms with Gasteiger partial charge in [-0.25, -0.2) is 0 Å². The lowest BCUT2D eigenvalue weighted by atomic mass is 10.1. The van der Waals surface area contributed by atoms with Crippen molar-refractivity contribution in [1.82, 2.24) is 14.7 Å². The Balaban J connectivity index is 1.61. The van der Waals surface area contributed by atoms with Gasteiger partial charge in [0.05, 0.1) is 17.0 Å². The van der Waals surface area contributed by atoms with Crippen LogP contribution >= 0.6 is 11.3 Å². The predicted molar refractivity (Wildman–Crippen MR) is 88.6 cm³/mol. The van der Waals surface area contributed by atoms with Crippen LogP contribution in [-0.4, -0.2) is 83.0 Å². The number of nitrogens with zero attached hydrogens (tertiary/aromatic N) is 3. The highest BCUT2D eigenvalue weighted by Gasteiger charge is 2.39. The fraction of sp³-hybridized carbons (Fsp3) is 0.625. The minimum atomic E-state index is -0.524. The molecule has 0 radical (unpaired) electrons. The molecule has 0 spiro atoms. The zero-order valence-electron chi connectivity index (χ0n) is 13.6. The third-order valence-corrected chi connectivity index (χ3v) is 5.71. The van der Waals surface area contributed by atoms with Crippen LogP contribution in [0, 0.1) is 6.92 Å². The molecule has 1 aromatic heterocycles. The molecule has 0 aliphatic carbocycles. The molecule has 0 aromatic carbocycles. The lowest BCUT2D eigenvalue weighted by molar-refractivity contribution is -0.131. The molecule has 2 amide bonds. The first-order valence-corrected chi connectivity index (χ1v) is 8.80. The van der Waals surface area contributed by atoms with Gasteiger partial charge in [0, 0.05) is 51.1 Å². The van der Waals surface area contributed by atoms with Crippen LogP contribution in [0.25, 0.3) is 0 Å². The Labute approximate surface area is 140 Å². The summed E-state index contributed by atoms with van der Waals surface area (Å²) < 4.78 is 0. The summed E-state index contributed by atoms with van der Waals surface area (Å²) in [5.74, 6) is 0.105. The van der Waals surface area contributed by atoms with E-state index < -0.39 is 6.10 Å². The lowest BCUT2D eigenvalue weighted by Gasteiger charge is -2.38. The molecule has 2 atom stereocenters. The molecule has 1 aromatic rings. The molecule has 126 valence electrons. The van der Waals surface area contributed by atoms with Gasteiger partial charge in [0.15, 0.2) is 0 Å². The number of β-amino-alcohol motifs (C(OH)–C–C–N with tert-alkyl or cyclic N) is 1. The van der Waals surface area contributed by atoms with Crippen LogP contribution in [0.3, 0.4) is 0 Å². The fourth-order valence-electron chi connectivity index (χ4n) is 3.37. The summed E-state index contributed by atoms with van der Waals surface area (Å²) in [6.07, 6.45) is -0.524. The minimum absolute atomic E-state index is 0.00650. The van der Waals surface area contributed by atoms with Gasteiger partial charge in [-0.2, -0.15) is 0 Å². The monoisotopic (exact) mass is 337 g/mol.